The lowest BCUT2D eigenvalue weighted by Crippen LogP contribution is -2.23. The molecule has 8 heteroatoms. The number of aromatic nitrogens is 4. The van der Waals surface area contributed by atoms with Gasteiger partial charge in [-0.15, -0.1) is 15.3 Å². The molecule has 1 aromatic carbocycles. The minimum absolute atomic E-state index is 0.0872. The molecule has 0 bridgehead atoms. The largest absolute Gasteiger partial charge is 0.300 e. The summed E-state index contributed by atoms with van der Waals surface area (Å²) in [6.07, 6.45) is 2.43. The standard InChI is InChI=1S/C17H21N7O/c1-3-4-14(11(2)25)15(17-20-23-24-21-17)9-12-5-7-13(8-6-12)16-10-18-22-19-16/h5-8,14-15H,3-4,9-10H2,1-2H3,(H,20,21,23,24)/t14-,15+/m1/s1. The lowest BCUT2D eigenvalue weighted by atomic mass is 9.81. The normalized spacial score (nSPS) is 15.8. The molecule has 1 aromatic heterocycles. The third-order valence-electron chi connectivity index (χ3n) is 4.49. The molecule has 0 fully saturated rings. The quantitative estimate of drug-likeness (QED) is 0.797. The molecule has 0 saturated carbocycles. The molecule has 130 valence electrons. The van der Waals surface area contributed by atoms with Gasteiger partial charge in [0.2, 0.25) is 0 Å². The molecule has 2 aromatic rings. The van der Waals surface area contributed by atoms with E-state index in [-0.39, 0.29) is 17.6 Å². The number of H-pyrrole nitrogens is 1. The number of hydrogen-bond acceptors (Lipinski definition) is 7. The van der Waals surface area contributed by atoms with E-state index in [0.717, 1.165) is 29.7 Å². The summed E-state index contributed by atoms with van der Waals surface area (Å²) < 4.78 is 0. The lowest BCUT2D eigenvalue weighted by molar-refractivity contribution is -0.121. The van der Waals surface area contributed by atoms with E-state index in [0.29, 0.717) is 18.8 Å². The smallest absolute Gasteiger partial charge is 0.178 e. The summed E-state index contributed by atoms with van der Waals surface area (Å²) >= 11 is 0. The summed E-state index contributed by atoms with van der Waals surface area (Å²) in [7, 11) is 0. The molecule has 0 aliphatic carbocycles. The van der Waals surface area contributed by atoms with Crippen LogP contribution in [0.15, 0.2) is 39.7 Å². The van der Waals surface area contributed by atoms with E-state index in [4.69, 9.17) is 0 Å². The van der Waals surface area contributed by atoms with Crippen molar-refractivity contribution in [3.05, 3.63) is 41.2 Å². The number of carbonyl (C=O) groups is 1. The highest BCUT2D eigenvalue weighted by Gasteiger charge is 2.29. The van der Waals surface area contributed by atoms with Gasteiger partial charge in [-0.2, -0.15) is 10.3 Å². The van der Waals surface area contributed by atoms with Crippen molar-refractivity contribution < 1.29 is 4.79 Å². The number of benzene rings is 1. The van der Waals surface area contributed by atoms with E-state index < -0.39 is 0 Å². The summed E-state index contributed by atoms with van der Waals surface area (Å²) in [6, 6.07) is 8.12. The molecular weight excluding hydrogens is 318 g/mol. The molecule has 3 rings (SSSR count). The van der Waals surface area contributed by atoms with Gasteiger partial charge in [0.05, 0.1) is 5.71 Å². The SMILES string of the molecule is CCC[C@H](C(C)=O)[C@H](Cc1ccc(C2=NN=NC2)cc1)c1nn[nH]n1. The van der Waals surface area contributed by atoms with Crippen LogP contribution in [0.25, 0.3) is 0 Å². The second-order valence-corrected chi connectivity index (χ2v) is 6.22. The van der Waals surface area contributed by atoms with Gasteiger partial charge in [-0.1, -0.05) is 42.8 Å². The number of tetrazole rings is 1. The number of nitrogens with zero attached hydrogens (tertiary/aromatic N) is 6. The number of aromatic amines is 1. The number of ketones is 1. The molecule has 1 aliphatic heterocycles. The maximum atomic E-state index is 12.2. The van der Waals surface area contributed by atoms with Crippen molar-refractivity contribution in [2.45, 2.75) is 39.0 Å². The molecule has 0 amide bonds. The lowest BCUT2D eigenvalue weighted by Gasteiger charge is -2.22. The topological polar surface area (TPSA) is 109 Å². The first kappa shape index (κ1) is 17.1. The van der Waals surface area contributed by atoms with Crippen LogP contribution in [0.3, 0.4) is 0 Å². The van der Waals surface area contributed by atoms with E-state index in [1.165, 1.54) is 0 Å². The van der Waals surface area contributed by atoms with Crippen LogP contribution in [0.4, 0.5) is 0 Å². The zero-order valence-electron chi connectivity index (χ0n) is 14.4. The van der Waals surface area contributed by atoms with Crippen LogP contribution in [-0.4, -0.2) is 38.7 Å². The van der Waals surface area contributed by atoms with Crippen molar-refractivity contribution in [1.82, 2.24) is 20.6 Å². The second kappa shape index (κ2) is 7.87. The average Bonchev–Trinajstić information content (AvgIpc) is 3.31. The number of nitrogens with one attached hydrogen (secondary N) is 1. The molecule has 0 spiro atoms. The molecule has 1 aliphatic rings. The van der Waals surface area contributed by atoms with Crippen molar-refractivity contribution in [3.63, 3.8) is 0 Å². The van der Waals surface area contributed by atoms with Gasteiger partial charge in [-0.3, -0.25) is 4.79 Å². The van der Waals surface area contributed by atoms with Crippen LogP contribution >= 0.6 is 0 Å². The van der Waals surface area contributed by atoms with Gasteiger partial charge in [0, 0.05) is 11.8 Å². The fourth-order valence-corrected chi connectivity index (χ4v) is 3.19. The molecule has 8 nitrogen and oxygen atoms in total. The molecule has 25 heavy (non-hydrogen) atoms. The zero-order chi connectivity index (χ0) is 17.6. The molecule has 0 radical (unpaired) electrons. The fourth-order valence-electron chi connectivity index (χ4n) is 3.19. The average molecular weight is 339 g/mol. The summed E-state index contributed by atoms with van der Waals surface area (Å²) in [6.45, 7) is 4.24. The Bertz CT molecular complexity index is 765. The number of rotatable bonds is 8. The van der Waals surface area contributed by atoms with Crippen molar-refractivity contribution >= 4 is 11.5 Å². The Morgan fingerprint density at radius 3 is 2.64 bits per heavy atom. The predicted octanol–water partition coefficient (Wildman–Crippen LogP) is 2.70. The highest BCUT2D eigenvalue weighted by Crippen LogP contribution is 2.30. The maximum Gasteiger partial charge on any atom is 0.178 e. The van der Waals surface area contributed by atoms with Gasteiger partial charge in [0.25, 0.3) is 0 Å². The van der Waals surface area contributed by atoms with Crippen LogP contribution in [0, 0.1) is 5.92 Å². The first-order valence-electron chi connectivity index (χ1n) is 8.45. The zero-order valence-corrected chi connectivity index (χ0v) is 14.4. The van der Waals surface area contributed by atoms with Gasteiger partial charge >= 0.3 is 0 Å². The predicted molar refractivity (Wildman–Crippen MR) is 92.4 cm³/mol. The van der Waals surface area contributed by atoms with Crippen LogP contribution in [0.2, 0.25) is 0 Å². The van der Waals surface area contributed by atoms with Crippen molar-refractivity contribution in [3.8, 4) is 0 Å². The van der Waals surface area contributed by atoms with Crippen LogP contribution in [-0.2, 0) is 11.2 Å². The monoisotopic (exact) mass is 339 g/mol. The molecule has 1 N–H and O–H groups in total. The van der Waals surface area contributed by atoms with E-state index >= 15 is 0 Å². The Morgan fingerprint density at radius 2 is 2.08 bits per heavy atom. The summed E-state index contributed by atoms with van der Waals surface area (Å²) in [5, 5.41) is 26.0. The summed E-state index contributed by atoms with van der Waals surface area (Å²) in [5.74, 6) is 0.558. The Balaban J connectivity index is 1.81. The molecular formula is C17H21N7O. The summed E-state index contributed by atoms with van der Waals surface area (Å²) in [5.41, 5.74) is 3.00. The molecule has 2 heterocycles. The maximum absolute atomic E-state index is 12.2. The molecule has 2 atom stereocenters. The number of hydrogen-bond donors (Lipinski definition) is 1. The van der Waals surface area contributed by atoms with Gasteiger partial charge in [-0.05, 0) is 36.1 Å². The van der Waals surface area contributed by atoms with E-state index in [1.54, 1.807) is 6.92 Å². The first-order chi connectivity index (χ1) is 12.2. The molecule has 0 saturated heterocycles. The van der Waals surface area contributed by atoms with Crippen LogP contribution in [0.1, 0.15) is 49.6 Å². The summed E-state index contributed by atoms with van der Waals surface area (Å²) in [4.78, 5) is 12.2. The van der Waals surface area contributed by atoms with E-state index in [1.807, 2.05) is 24.3 Å². The van der Waals surface area contributed by atoms with E-state index in [2.05, 4.69) is 43.0 Å². The highest BCUT2D eigenvalue weighted by molar-refractivity contribution is 6.02. The van der Waals surface area contributed by atoms with Crippen LogP contribution < -0.4 is 0 Å². The third-order valence-corrected chi connectivity index (χ3v) is 4.49. The second-order valence-electron chi connectivity index (χ2n) is 6.22. The third kappa shape index (κ3) is 4.01. The molecule has 0 unspecified atom stereocenters. The van der Waals surface area contributed by atoms with Crippen LogP contribution in [0.5, 0.6) is 0 Å². The fraction of sp³-hybridized carbons (Fsp3) is 0.471. The highest BCUT2D eigenvalue weighted by atomic mass is 16.1. The Kier molecular flexibility index (Phi) is 5.37. The minimum atomic E-state index is -0.112. The Morgan fingerprint density at radius 1 is 1.28 bits per heavy atom. The Hall–Kier alpha value is -2.77. The minimum Gasteiger partial charge on any atom is -0.300 e. The van der Waals surface area contributed by atoms with Gasteiger partial charge < -0.3 is 0 Å². The first-order valence-corrected chi connectivity index (χ1v) is 8.45. The number of carbonyl (C=O) groups excluding carboxylic acids is 1. The van der Waals surface area contributed by atoms with Gasteiger partial charge in [-0.25, -0.2) is 0 Å². The number of Topliss-reactive ketones (excluding diaryl/α,β-unsaturated/α-hetero) is 1. The Labute approximate surface area is 145 Å². The van der Waals surface area contributed by atoms with Crippen molar-refractivity contribution in [2.24, 2.45) is 21.4 Å². The van der Waals surface area contributed by atoms with Crippen molar-refractivity contribution in [1.29, 1.82) is 0 Å². The van der Waals surface area contributed by atoms with Gasteiger partial charge in [0.15, 0.2) is 5.82 Å². The van der Waals surface area contributed by atoms with Crippen molar-refractivity contribution in [2.75, 3.05) is 6.54 Å². The van der Waals surface area contributed by atoms with E-state index in [9.17, 15) is 4.79 Å². The van der Waals surface area contributed by atoms with Gasteiger partial charge in [0.1, 0.15) is 12.3 Å².